The van der Waals surface area contributed by atoms with Crippen molar-refractivity contribution >= 4 is 11.6 Å². The van der Waals surface area contributed by atoms with Crippen molar-refractivity contribution in [2.45, 2.75) is 44.5 Å². The first-order valence-corrected chi connectivity index (χ1v) is 7.49. The second-order valence-electron chi connectivity index (χ2n) is 5.46. The summed E-state index contributed by atoms with van der Waals surface area (Å²) in [5.41, 5.74) is -0.239. The van der Waals surface area contributed by atoms with Gasteiger partial charge in [0.25, 0.3) is 0 Å². The van der Waals surface area contributed by atoms with E-state index in [0.717, 1.165) is 25.1 Å². The highest BCUT2D eigenvalue weighted by molar-refractivity contribution is 6.31. The van der Waals surface area contributed by atoms with Crippen LogP contribution in [0, 0.1) is 0 Å². The molecule has 0 aliphatic carbocycles. The Hall–Kier alpha value is -0.780. The van der Waals surface area contributed by atoms with Crippen LogP contribution in [0.15, 0.2) is 18.2 Å². The van der Waals surface area contributed by atoms with Crippen LogP contribution in [0.2, 0.25) is 5.02 Å². The Balaban J connectivity index is 2.37. The summed E-state index contributed by atoms with van der Waals surface area (Å²) in [6, 6.07) is 3.15. The molecular weight excluding hydrogens is 303 g/mol. The molecule has 0 saturated carbocycles. The van der Waals surface area contributed by atoms with Gasteiger partial charge in [-0.15, -0.1) is 0 Å². The maximum Gasteiger partial charge on any atom is 0.416 e. The van der Waals surface area contributed by atoms with E-state index in [-0.39, 0.29) is 6.04 Å². The molecule has 0 aromatic heterocycles. The van der Waals surface area contributed by atoms with Crippen LogP contribution in [0.4, 0.5) is 13.2 Å². The normalized spacial score (nSPS) is 24.3. The summed E-state index contributed by atoms with van der Waals surface area (Å²) in [7, 11) is 0. The number of likely N-dealkylation sites (tertiary alicyclic amines) is 1. The highest BCUT2D eigenvalue weighted by atomic mass is 35.5. The first kappa shape index (κ1) is 16.6. The minimum Gasteiger partial charge on any atom is -0.393 e. The van der Waals surface area contributed by atoms with Crippen LogP contribution in [0.1, 0.15) is 43.4 Å². The Labute approximate surface area is 127 Å². The van der Waals surface area contributed by atoms with Crippen LogP contribution in [0.5, 0.6) is 0 Å². The second-order valence-corrected chi connectivity index (χ2v) is 5.87. The highest BCUT2D eigenvalue weighted by Gasteiger charge is 2.34. The Morgan fingerprint density at radius 2 is 2.10 bits per heavy atom. The molecule has 118 valence electrons. The molecule has 1 fully saturated rings. The van der Waals surface area contributed by atoms with Gasteiger partial charge in [-0.2, -0.15) is 13.2 Å². The second kappa shape index (κ2) is 6.55. The number of aliphatic hydroxyl groups is 1. The zero-order chi connectivity index (χ0) is 15.6. The molecule has 2 rings (SSSR count). The van der Waals surface area contributed by atoms with Gasteiger partial charge in [0, 0.05) is 17.6 Å². The summed E-state index contributed by atoms with van der Waals surface area (Å²) in [5, 5.41) is 10.2. The van der Waals surface area contributed by atoms with Crippen LogP contribution in [-0.2, 0) is 6.18 Å². The van der Waals surface area contributed by atoms with Gasteiger partial charge in [-0.05, 0) is 49.6 Å². The Morgan fingerprint density at radius 1 is 1.38 bits per heavy atom. The molecule has 6 heteroatoms. The summed E-state index contributed by atoms with van der Waals surface area (Å²) >= 11 is 6.12. The first-order valence-electron chi connectivity index (χ1n) is 7.11. The number of nitrogens with zero attached hydrogens (tertiary/aromatic N) is 1. The van der Waals surface area contributed by atoms with Crippen molar-refractivity contribution in [2.75, 3.05) is 13.1 Å². The lowest BCUT2D eigenvalue weighted by Gasteiger charge is -2.38. The smallest absolute Gasteiger partial charge is 0.393 e. The monoisotopic (exact) mass is 321 g/mol. The summed E-state index contributed by atoms with van der Waals surface area (Å²) in [6.07, 6.45) is -2.91. The third-order valence-corrected chi connectivity index (χ3v) is 4.22. The minimum absolute atomic E-state index is 0.261. The zero-order valence-electron chi connectivity index (χ0n) is 11.8. The summed E-state index contributed by atoms with van der Waals surface area (Å²) < 4.78 is 38.6. The molecule has 1 N–H and O–H groups in total. The van der Waals surface area contributed by atoms with E-state index in [4.69, 9.17) is 11.6 Å². The average Bonchev–Trinajstić information content (AvgIpc) is 2.40. The molecule has 1 aliphatic heterocycles. The molecule has 1 aromatic rings. The van der Waals surface area contributed by atoms with E-state index in [2.05, 4.69) is 4.90 Å². The molecule has 2 unspecified atom stereocenters. The van der Waals surface area contributed by atoms with Gasteiger partial charge in [-0.3, -0.25) is 4.90 Å². The number of hydrogen-bond acceptors (Lipinski definition) is 2. The Bertz CT molecular complexity index is 492. The third-order valence-electron chi connectivity index (χ3n) is 3.88. The molecule has 21 heavy (non-hydrogen) atoms. The molecule has 0 bridgehead atoms. The van der Waals surface area contributed by atoms with Crippen LogP contribution in [-0.4, -0.2) is 29.2 Å². The third kappa shape index (κ3) is 3.90. The fraction of sp³-hybridized carbons (Fsp3) is 0.600. The van der Waals surface area contributed by atoms with Crippen LogP contribution < -0.4 is 0 Å². The number of hydrogen-bond donors (Lipinski definition) is 1. The molecule has 0 spiro atoms. The van der Waals surface area contributed by atoms with Gasteiger partial charge in [-0.1, -0.05) is 18.5 Å². The fourth-order valence-electron chi connectivity index (χ4n) is 2.85. The van der Waals surface area contributed by atoms with Crippen molar-refractivity contribution in [3.8, 4) is 0 Å². The highest BCUT2D eigenvalue weighted by Crippen LogP contribution is 2.38. The van der Waals surface area contributed by atoms with Crippen molar-refractivity contribution in [1.29, 1.82) is 0 Å². The van der Waals surface area contributed by atoms with E-state index in [1.165, 1.54) is 6.07 Å². The summed E-state index contributed by atoms with van der Waals surface area (Å²) in [6.45, 7) is 3.48. The van der Waals surface area contributed by atoms with Gasteiger partial charge in [0.15, 0.2) is 0 Å². The van der Waals surface area contributed by atoms with Gasteiger partial charge in [0.1, 0.15) is 0 Å². The quantitative estimate of drug-likeness (QED) is 0.899. The lowest BCUT2D eigenvalue weighted by Crippen LogP contribution is -2.39. The van der Waals surface area contributed by atoms with E-state index in [1.54, 1.807) is 0 Å². The van der Waals surface area contributed by atoms with Crippen molar-refractivity contribution in [2.24, 2.45) is 0 Å². The average molecular weight is 322 g/mol. The van der Waals surface area contributed by atoms with Gasteiger partial charge in [0.05, 0.1) is 11.7 Å². The Morgan fingerprint density at radius 3 is 2.71 bits per heavy atom. The minimum atomic E-state index is -4.39. The lowest BCUT2D eigenvalue weighted by atomic mass is 9.92. The number of benzene rings is 1. The fourth-order valence-corrected chi connectivity index (χ4v) is 3.09. The summed E-state index contributed by atoms with van der Waals surface area (Å²) in [5.74, 6) is 0. The molecule has 2 nitrogen and oxygen atoms in total. The molecular formula is C15H19ClF3NO. The van der Waals surface area contributed by atoms with Crippen LogP contribution >= 0.6 is 11.6 Å². The van der Waals surface area contributed by atoms with Crippen LogP contribution in [0.3, 0.4) is 0 Å². The first-order chi connectivity index (χ1) is 9.82. The van der Waals surface area contributed by atoms with Gasteiger partial charge >= 0.3 is 6.18 Å². The molecule has 0 radical (unpaired) electrons. The summed E-state index contributed by atoms with van der Waals surface area (Å²) in [4.78, 5) is 2.11. The topological polar surface area (TPSA) is 23.5 Å². The maximum absolute atomic E-state index is 12.9. The standard InChI is InChI=1S/C15H19ClF3NO/c1-2-6-20-7-5-11(21)9-14(20)12-8-10(15(17,18)19)3-4-13(12)16/h3-4,8,11,14,21H,2,5-7,9H2,1H3. The zero-order valence-corrected chi connectivity index (χ0v) is 12.6. The van der Waals surface area contributed by atoms with E-state index in [9.17, 15) is 18.3 Å². The number of aliphatic hydroxyl groups excluding tert-OH is 1. The number of rotatable bonds is 3. The predicted molar refractivity (Wildman–Crippen MR) is 76.3 cm³/mol. The largest absolute Gasteiger partial charge is 0.416 e. The molecule has 2 atom stereocenters. The van der Waals surface area contributed by atoms with Crippen molar-refractivity contribution in [3.05, 3.63) is 34.3 Å². The lowest BCUT2D eigenvalue weighted by molar-refractivity contribution is -0.137. The predicted octanol–water partition coefficient (Wildman–Crippen LogP) is 4.27. The van der Waals surface area contributed by atoms with Crippen molar-refractivity contribution in [3.63, 3.8) is 0 Å². The van der Waals surface area contributed by atoms with E-state index < -0.39 is 17.8 Å². The number of alkyl halides is 3. The van der Waals surface area contributed by atoms with Gasteiger partial charge < -0.3 is 5.11 Å². The van der Waals surface area contributed by atoms with Crippen molar-refractivity contribution in [1.82, 2.24) is 4.90 Å². The van der Waals surface area contributed by atoms with E-state index >= 15 is 0 Å². The molecule has 1 saturated heterocycles. The number of halogens is 4. The molecule has 0 amide bonds. The molecule has 1 heterocycles. The van der Waals surface area contributed by atoms with E-state index in [1.807, 2.05) is 6.92 Å². The molecule has 1 aliphatic rings. The Kier molecular flexibility index (Phi) is 5.17. The SMILES string of the molecule is CCCN1CCC(O)CC1c1cc(C(F)(F)F)ccc1Cl. The van der Waals surface area contributed by atoms with Gasteiger partial charge in [-0.25, -0.2) is 0 Å². The maximum atomic E-state index is 12.9. The van der Waals surface area contributed by atoms with E-state index in [0.29, 0.717) is 30.0 Å². The number of piperidine rings is 1. The van der Waals surface area contributed by atoms with Crippen molar-refractivity contribution < 1.29 is 18.3 Å². The van der Waals surface area contributed by atoms with Crippen LogP contribution in [0.25, 0.3) is 0 Å². The molecule has 1 aromatic carbocycles. The van der Waals surface area contributed by atoms with Gasteiger partial charge in [0.2, 0.25) is 0 Å².